The number of benzene rings is 1. The molecule has 0 saturated carbocycles. The first kappa shape index (κ1) is 19.5. The highest BCUT2D eigenvalue weighted by Crippen LogP contribution is 2.23. The van der Waals surface area contributed by atoms with Crippen molar-refractivity contribution < 1.29 is 14.3 Å². The molecule has 2 aromatic heterocycles. The average molecular weight is 412 g/mol. The van der Waals surface area contributed by atoms with E-state index in [-0.39, 0.29) is 5.69 Å². The van der Waals surface area contributed by atoms with Gasteiger partial charge in [-0.1, -0.05) is 30.3 Å². The van der Waals surface area contributed by atoms with Crippen LogP contribution in [0.3, 0.4) is 0 Å². The normalized spacial score (nSPS) is 11.3. The molecule has 1 amide bonds. The lowest BCUT2D eigenvalue weighted by Crippen LogP contribution is -2.30. The van der Waals surface area contributed by atoms with Gasteiger partial charge in [-0.3, -0.25) is 4.79 Å². The summed E-state index contributed by atoms with van der Waals surface area (Å²) in [6.45, 7) is 2.05. The van der Waals surface area contributed by atoms with Crippen LogP contribution < -0.4 is 10.6 Å². The fourth-order valence-electron chi connectivity index (χ4n) is 2.20. The quantitative estimate of drug-likeness (QED) is 0.571. The van der Waals surface area contributed by atoms with Gasteiger partial charge in [0.05, 0.1) is 5.56 Å². The highest BCUT2D eigenvalue weighted by Gasteiger charge is 2.22. The number of carbonyl (C=O) groups excluding carboxylic acids is 2. The highest BCUT2D eigenvalue weighted by atomic mass is 32.1. The van der Waals surface area contributed by atoms with E-state index < -0.39 is 18.0 Å². The standard InChI is InChI=1S/C19H16N4O3S2/c1-12(16(24)23-17-14(9-20)7-8-27-17)26-18(25)15-11-28-19(22-15)21-10-13-5-3-2-4-6-13/h2-8,11-12H,10H2,1H3,(H,21,22)(H,23,24)/t12-/m0/s1. The molecule has 9 heteroatoms. The average Bonchev–Trinajstić information content (AvgIpc) is 3.36. The van der Waals surface area contributed by atoms with E-state index in [1.807, 2.05) is 36.4 Å². The van der Waals surface area contributed by atoms with Gasteiger partial charge in [-0.25, -0.2) is 9.78 Å². The van der Waals surface area contributed by atoms with Crippen LogP contribution in [0.4, 0.5) is 10.1 Å². The fourth-order valence-corrected chi connectivity index (χ4v) is 3.62. The molecule has 2 heterocycles. The van der Waals surface area contributed by atoms with Crippen molar-refractivity contribution in [1.29, 1.82) is 5.26 Å². The van der Waals surface area contributed by atoms with E-state index in [9.17, 15) is 9.59 Å². The van der Waals surface area contributed by atoms with Crippen molar-refractivity contribution in [2.24, 2.45) is 0 Å². The lowest BCUT2D eigenvalue weighted by molar-refractivity contribution is -0.123. The second-order valence-corrected chi connectivity index (χ2v) is 7.46. The summed E-state index contributed by atoms with van der Waals surface area (Å²) < 4.78 is 5.18. The summed E-state index contributed by atoms with van der Waals surface area (Å²) >= 11 is 2.51. The van der Waals surface area contributed by atoms with Crippen LogP contribution in [0.1, 0.15) is 28.5 Å². The number of nitrogens with zero attached hydrogens (tertiary/aromatic N) is 2. The van der Waals surface area contributed by atoms with Crippen LogP contribution in [0, 0.1) is 11.3 Å². The van der Waals surface area contributed by atoms with E-state index >= 15 is 0 Å². The van der Waals surface area contributed by atoms with Gasteiger partial charge in [-0.15, -0.1) is 22.7 Å². The zero-order chi connectivity index (χ0) is 19.9. The summed E-state index contributed by atoms with van der Waals surface area (Å²) in [4.78, 5) is 28.6. The SMILES string of the molecule is C[C@H](OC(=O)c1csc(NCc2ccccc2)n1)C(=O)Nc1sccc1C#N. The third-order valence-corrected chi connectivity index (χ3v) is 5.31. The Kier molecular flexibility index (Phi) is 6.37. The number of aromatic nitrogens is 1. The van der Waals surface area contributed by atoms with Gasteiger partial charge in [0.2, 0.25) is 0 Å². The van der Waals surface area contributed by atoms with Crippen LogP contribution in [0.5, 0.6) is 0 Å². The minimum absolute atomic E-state index is 0.133. The summed E-state index contributed by atoms with van der Waals surface area (Å²) in [7, 11) is 0. The van der Waals surface area contributed by atoms with E-state index in [2.05, 4.69) is 15.6 Å². The molecule has 0 radical (unpaired) electrons. The Morgan fingerprint density at radius 1 is 1.25 bits per heavy atom. The predicted molar refractivity (Wildman–Crippen MR) is 108 cm³/mol. The number of thiophene rings is 1. The van der Waals surface area contributed by atoms with Crippen molar-refractivity contribution in [1.82, 2.24) is 4.98 Å². The van der Waals surface area contributed by atoms with Crippen LogP contribution in [-0.2, 0) is 16.1 Å². The van der Waals surface area contributed by atoms with Crippen molar-refractivity contribution in [3.63, 3.8) is 0 Å². The summed E-state index contributed by atoms with van der Waals surface area (Å²) in [6, 6.07) is 13.4. The number of amides is 1. The largest absolute Gasteiger partial charge is 0.448 e. The lowest BCUT2D eigenvalue weighted by atomic mass is 10.2. The van der Waals surface area contributed by atoms with Gasteiger partial charge in [0.15, 0.2) is 16.9 Å². The molecule has 1 atom stereocenters. The minimum Gasteiger partial charge on any atom is -0.448 e. The molecule has 0 saturated heterocycles. The topological polar surface area (TPSA) is 104 Å². The first-order valence-electron chi connectivity index (χ1n) is 8.29. The predicted octanol–water partition coefficient (Wildman–Crippen LogP) is 3.87. The van der Waals surface area contributed by atoms with Gasteiger partial charge >= 0.3 is 5.97 Å². The van der Waals surface area contributed by atoms with Crippen LogP contribution in [0.2, 0.25) is 0 Å². The van der Waals surface area contributed by atoms with Crippen LogP contribution in [-0.4, -0.2) is 23.0 Å². The second-order valence-electron chi connectivity index (χ2n) is 5.69. The number of rotatable bonds is 7. The van der Waals surface area contributed by atoms with Gasteiger partial charge < -0.3 is 15.4 Å². The van der Waals surface area contributed by atoms with E-state index in [0.717, 1.165) is 5.56 Å². The van der Waals surface area contributed by atoms with E-state index in [1.165, 1.54) is 29.6 Å². The molecule has 142 valence electrons. The van der Waals surface area contributed by atoms with Crippen molar-refractivity contribution >= 4 is 44.7 Å². The number of nitriles is 1. The van der Waals surface area contributed by atoms with Crippen LogP contribution in [0.15, 0.2) is 47.2 Å². The molecule has 0 unspecified atom stereocenters. The Bertz CT molecular complexity index is 1010. The number of esters is 1. The molecule has 0 aliphatic carbocycles. The molecule has 3 rings (SSSR count). The summed E-state index contributed by atoms with van der Waals surface area (Å²) in [5.74, 6) is -1.19. The van der Waals surface area contributed by atoms with Gasteiger partial charge in [0.25, 0.3) is 5.91 Å². The summed E-state index contributed by atoms with van der Waals surface area (Å²) in [6.07, 6.45) is -1.02. The number of thiazole rings is 1. The molecule has 3 aromatic rings. The Balaban J connectivity index is 1.53. The monoisotopic (exact) mass is 412 g/mol. The van der Waals surface area contributed by atoms with Crippen molar-refractivity contribution in [2.75, 3.05) is 10.6 Å². The van der Waals surface area contributed by atoms with E-state index in [1.54, 1.807) is 16.8 Å². The maximum atomic E-state index is 12.2. The van der Waals surface area contributed by atoms with Crippen LogP contribution >= 0.6 is 22.7 Å². The highest BCUT2D eigenvalue weighted by molar-refractivity contribution is 7.14. The maximum Gasteiger partial charge on any atom is 0.358 e. The Labute approximate surface area is 169 Å². The molecule has 0 bridgehead atoms. The number of anilines is 2. The molecular weight excluding hydrogens is 396 g/mol. The first-order valence-corrected chi connectivity index (χ1v) is 10.1. The number of ether oxygens (including phenoxy) is 1. The second kappa shape index (κ2) is 9.12. The summed E-state index contributed by atoms with van der Waals surface area (Å²) in [5, 5.41) is 19.0. The molecule has 2 N–H and O–H groups in total. The van der Waals surface area contributed by atoms with Crippen LogP contribution in [0.25, 0.3) is 0 Å². The zero-order valence-corrected chi connectivity index (χ0v) is 16.5. The molecule has 0 aliphatic rings. The summed E-state index contributed by atoms with van der Waals surface area (Å²) in [5.41, 5.74) is 1.59. The third-order valence-electron chi connectivity index (χ3n) is 3.68. The van der Waals surface area contributed by atoms with Gasteiger partial charge in [-0.05, 0) is 23.9 Å². The van der Waals surface area contributed by atoms with Crippen molar-refractivity contribution in [3.05, 3.63) is 64.0 Å². The molecular formula is C19H16N4O3S2. The molecule has 0 spiro atoms. The fraction of sp³-hybridized carbons (Fsp3) is 0.158. The molecule has 0 aliphatic heterocycles. The third kappa shape index (κ3) is 4.94. The van der Waals surface area contributed by atoms with Gasteiger partial charge in [-0.2, -0.15) is 5.26 Å². The van der Waals surface area contributed by atoms with Gasteiger partial charge in [0.1, 0.15) is 11.1 Å². The lowest BCUT2D eigenvalue weighted by Gasteiger charge is -2.12. The molecule has 0 fully saturated rings. The Morgan fingerprint density at radius 3 is 2.79 bits per heavy atom. The maximum absolute atomic E-state index is 12.2. The van der Waals surface area contributed by atoms with Gasteiger partial charge in [0, 0.05) is 11.9 Å². The zero-order valence-electron chi connectivity index (χ0n) is 14.8. The number of hydrogen-bond acceptors (Lipinski definition) is 8. The number of carbonyl (C=O) groups is 2. The Hall–Kier alpha value is -3.22. The van der Waals surface area contributed by atoms with E-state index in [4.69, 9.17) is 10.00 Å². The van der Waals surface area contributed by atoms with E-state index in [0.29, 0.717) is 22.2 Å². The molecule has 7 nitrogen and oxygen atoms in total. The van der Waals surface area contributed by atoms with Crippen molar-refractivity contribution in [2.45, 2.75) is 19.6 Å². The first-order chi connectivity index (χ1) is 13.6. The number of hydrogen-bond donors (Lipinski definition) is 2. The number of nitrogens with one attached hydrogen (secondary N) is 2. The smallest absolute Gasteiger partial charge is 0.358 e. The Morgan fingerprint density at radius 2 is 2.04 bits per heavy atom. The van der Waals surface area contributed by atoms with Crippen molar-refractivity contribution in [3.8, 4) is 6.07 Å². The molecule has 1 aromatic carbocycles. The molecule has 28 heavy (non-hydrogen) atoms. The minimum atomic E-state index is -1.02.